The van der Waals surface area contributed by atoms with Gasteiger partial charge >= 0.3 is 0 Å². The van der Waals surface area contributed by atoms with Crippen molar-refractivity contribution >= 4 is 17.6 Å². The summed E-state index contributed by atoms with van der Waals surface area (Å²) >= 11 is 0. The number of hydrogen-bond acceptors (Lipinski definition) is 9. The average molecular weight is 493 g/mol. The van der Waals surface area contributed by atoms with E-state index in [0.717, 1.165) is 0 Å². The van der Waals surface area contributed by atoms with Crippen molar-refractivity contribution in [3.8, 4) is 11.5 Å². The highest BCUT2D eigenvalue weighted by atomic mass is 16.5. The Bertz CT molecular complexity index is 993. The van der Waals surface area contributed by atoms with Gasteiger partial charge in [0.15, 0.2) is 11.5 Å². The Balaban J connectivity index is 2.13. The number of rotatable bonds is 11. The van der Waals surface area contributed by atoms with Crippen LogP contribution in [0.25, 0.3) is 0 Å². The van der Waals surface area contributed by atoms with E-state index in [9.17, 15) is 29.7 Å². The normalized spacial score (nSPS) is 22.4. The van der Waals surface area contributed by atoms with Crippen LogP contribution in [0.3, 0.4) is 0 Å². The average Bonchev–Trinajstić information content (AvgIpc) is 3.27. The van der Waals surface area contributed by atoms with Crippen LogP contribution in [-0.4, -0.2) is 96.6 Å². The van der Waals surface area contributed by atoms with Crippen LogP contribution in [0.1, 0.15) is 30.4 Å². The highest BCUT2D eigenvalue weighted by molar-refractivity contribution is 6.36. The van der Waals surface area contributed by atoms with Gasteiger partial charge in [-0.15, -0.1) is 0 Å². The summed E-state index contributed by atoms with van der Waals surface area (Å²) in [5.41, 5.74) is 1.27. The molecule has 1 aromatic carbocycles. The molecular weight excluding hydrogens is 460 g/mol. The molecule has 11 nitrogen and oxygen atoms in total. The van der Waals surface area contributed by atoms with Crippen molar-refractivity contribution in [2.24, 2.45) is 0 Å². The molecule has 4 N–H and O–H groups in total. The standard InChI is InChI=1S/C24H32N2O9/c1-4-17(29)24(32)26(6-8-33-2)16-11-15(23(31)25-5-7-27)19-14-9-13(12-28)10-18(34-3)21(14)35-22(19)20(16)30/h9-11,16,19-20,22,27-28,30H,4-8,12H2,1-3H3,(H,25,31). The maximum absolute atomic E-state index is 13.2. The van der Waals surface area contributed by atoms with Gasteiger partial charge in [-0.1, -0.05) is 6.92 Å². The number of fused-ring (bicyclic) bond motifs is 3. The number of benzene rings is 1. The largest absolute Gasteiger partial charge is 0.493 e. The number of nitrogens with zero attached hydrogens (tertiary/aromatic N) is 1. The molecule has 4 unspecified atom stereocenters. The molecule has 3 rings (SSSR count). The first kappa shape index (κ1) is 26.6. The highest BCUT2D eigenvalue weighted by Crippen LogP contribution is 2.51. The van der Waals surface area contributed by atoms with Crippen LogP contribution in [-0.2, 0) is 25.7 Å². The van der Waals surface area contributed by atoms with Gasteiger partial charge < -0.3 is 39.7 Å². The summed E-state index contributed by atoms with van der Waals surface area (Å²) in [6.45, 7) is 1.11. The van der Waals surface area contributed by atoms with E-state index in [4.69, 9.17) is 14.2 Å². The highest BCUT2D eigenvalue weighted by Gasteiger charge is 2.51. The summed E-state index contributed by atoms with van der Waals surface area (Å²) in [7, 11) is 2.89. The molecule has 0 fully saturated rings. The first-order valence-corrected chi connectivity index (χ1v) is 11.4. The number of Topliss-reactive ketones (excluding diaryl/α,β-unsaturated/α-hetero) is 1. The lowest BCUT2D eigenvalue weighted by molar-refractivity contribution is -0.148. The molecule has 1 heterocycles. The maximum atomic E-state index is 13.2. The zero-order valence-electron chi connectivity index (χ0n) is 20.0. The number of nitrogens with one attached hydrogen (secondary N) is 1. The van der Waals surface area contributed by atoms with E-state index in [2.05, 4.69) is 5.32 Å². The summed E-state index contributed by atoms with van der Waals surface area (Å²) in [5, 5.41) is 32.9. The molecule has 0 radical (unpaired) electrons. The monoisotopic (exact) mass is 492 g/mol. The second-order valence-electron chi connectivity index (χ2n) is 8.29. The van der Waals surface area contributed by atoms with Crippen molar-refractivity contribution < 1.29 is 43.9 Å². The molecule has 1 aliphatic heterocycles. The van der Waals surface area contributed by atoms with Gasteiger partial charge in [-0.05, 0) is 23.8 Å². The number of methoxy groups -OCH3 is 2. The predicted octanol–water partition coefficient (Wildman–Crippen LogP) is -0.736. The topological polar surface area (TPSA) is 155 Å². The molecule has 0 aromatic heterocycles. The van der Waals surface area contributed by atoms with Gasteiger partial charge in [0.2, 0.25) is 11.7 Å². The number of aliphatic hydroxyl groups excluding tert-OH is 3. The van der Waals surface area contributed by atoms with Crippen molar-refractivity contribution in [3.63, 3.8) is 0 Å². The van der Waals surface area contributed by atoms with Crippen LogP contribution in [0.2, 0.25) is 0 Å². The van der Waals surface area contributed by atoms with E-state index in [1.807, 2.05) is 0 Å². The molecule has 2 amide bonds. The maximum Gasteiger partial charge on any atom is 0.290 e. The fourth-order valence-electron chi connectivity index (χ4n) is 4.51. The summed E-state index contributed by atoms with van der Waals surface area (Å²) in [5.74, 6) is -2.05. The van der Waals surface area contributed by atoms with E-state index in [1.165, 1.54) is 25.2 Å². The zero-order chi connectivity index (χ0) is 25.7. The third kappa shape index (κ3) is 5.18. The molecule has 1 aromatic rings. The zero-order valence-corrected chi connectivity index (χ0v) is 20.0. The van der Waals surface area contributed by atoms with E-state index < -0.39 is 41.8 Å². The van der Waals surface area contributed by atoms with Crippen LogP contribution < -0.4 is 14.8 Å². The fraction of sp³-hybridized carbons (Fsp3) is 0.542. The van der Waals surface area contributed by atoms with E-state index >= 15 is 0 Å². The Morgan fingerprint density at radius 3 is 2.54 bits per heavy atom. The van der Waals surface area contributed by atoms with Crippen LogP contribution in [0.15, 0.2) is 23.8 Å². The lowest BCUT2D eigenvalue weighted by atomic mass is 9.77. The van der Waals surface area contributed by atoms with Crippen molar-refractivity contribution in [2.75, 3.05) is 40.5 Å². The summed E-state index contributed by atoms with van der Waals surface area (Å²) < 4.78 is 16.6. The number of ether oxygens (including phenoxy) is 3. The van der Waals surface area contributed by atoms with Gasteiger partial charge in [0.1, 0.15) is 12.2 Å². The number of ketones is 1. The molecule has 35 heavy (non-hydrogen) atoms. The smallest absolute Gasteiger partial charge is 0.290 e. The lowest BCUT2D eigenvalue weighted by Crippen LogP contribution is -2.57. The third-order valence-corrected chi connectivity index (χ3v) is 6.21. The summed E-state index contributed by atoms with van der Waals surface area (Å²) in [4.78, 5) is 39.6. The Hall–Kier alpha value is -2.99. The van der Waals surface area contributed by atoms with Gasteiger partial charge in [-0.2, -0.15) is 0 Å². The Labute approximate surface area is 203 Å². The molecule has 0 saturated heterocycles. The van der Waals surface area contributed by atoms with Crippen LogP contribution in [0, 0.1) is 0 Å². The third-order valence-electron chi connectivity index (χ3n) is 6.21. The quantitative estimate of drug-likeness (QED) is 0.293. The fourth-order valence-corrected chi connectivity index (χ4v) is 4.51. The second-order valence-corrected chi connectivity index (χ2v) is 8.29. The Morgan fingerprint density at radius 1 is 1.20 bits per heavy atom. The van der Waals surface area contributed by atoms with Crippen molar-refractivity contribution in [1.82, 2.24) is 10.2 Å². The van der Waals surface area contributed by atoms with Crippen LogP contribution >= 0.6 is 0 Å². The molecule has 1 aliphatic carbocycles. The summed E-state index contributed by atoms with van der Waals surface area (Å²) in [6.07, 6.45) is -0.832. The van der Waals surface area contributed by atoms with Gasteiger partial charge in [0.25, 0.3) is 5.91 Å². The van der Waals surface area contributed by atoms with Crippen LogP contribution in [0.4, 0.5) is 0 Å². The first-order chi connectivity index (χ1) is 16.8. The van der Waals surface area contributed by atoms with E-state index in [1.54, 1.807) is 19.1 Å². The number of aliphatic hydroxyl groups is 3. The SMILES string of the molecule is CCC(=O)C(=O)N(CCOC)C1C=C(C(=O)NCCO)C2c3cc(CO)cc(OC)c3OC2C1O. The molecule has 4 atom stereocenters. The predicted molar refractivity (Wildman–Crippen MR) is 123 cm³/mol. The van der Waals surface area contributed by atoms with Crippen molar-refractivity contribution in [1.29, 1.82) is 0 Å². The number of amides is 2. The van der Waals surface area contributed by atoms with Crippen molar-refractivity contribution in [2.45, 2.75) is 44.1 Å². The van der Waals surface area contributed by atoms with E-state index in [-0.39, 0.29) is 44.9 Å². The number of hydrogen-bond donors (Lipinski definition) is 4. The van der Waals surface area contributed by atoms with Gasteiger partial charge in [-0.3, -0.25) is 14.4 Å². The van der Waals surface area contributed by atoms with Gasteiger partial charge in [0.05, 0.1) is 38.9 Å². The number of carbonyl (C=O) groups is 3. The molecule has 2 aliphatic rings. The van der Waals surface area contributed by atoms with Crippen molar-refractivity contribution in [3.05, 3.63) is 34.9 Å². The molecule has 192 valence electrons. The number of carbonyl (C=O) groups excluding carboxylic acids is 3. The molecule has 0 bridgehead atoms. The van der Waals surface area contributed by atoms with Gasteiger partial charge in [0, 0.05) is 37.8 Å². The molecule has 11 heteroatoms. The minimum absolute atomic E-state index is 0.00483. The Morgan fingerprint density at radius 2 is 1.94 bits per heavy atom. The second kappa shape index (κ2) is 11.6. The minimum atomic E-state index is -1.30. The minimum Gasteiger partial charge on any atom is -0.493 e. The molecule has 0 saturated carbocycles. The lowest BCUT2D eigenvalue weighted by Gasteiger charge is -2.40. The van der Waals surface area contributed by atoms with Crippen LogP contribution in [0.5, 0.6) is 11.5 Å². The molecular formula is C24H32N2O9. The first-order valence-electron chi connectivity index (χ1n) is 11.4. The summed E-state index contributed by atoms with van der Waals surface area (Å²) in [6, 6.07) is 2.22. The van der Waals surface area contributed by atoms with E-state index in [0.29, 0.717) is 22.6 Å². The van der Waals surface area contributed by atoms with Gasteiger partial charge in [-0.25, -0.2) is 0 Å². The molecule has 0 spiro atoms. The Kier molecular flexibility index (Phi) is 8.84.